The van der Waals surface area contributed by atoms with Crippen molar-refractivity contribution in [3.05, 3.63) is 29.6 Å². The molecule has 1 unspecified atom stereocenters. The molecule has 72 valence electrons. The van der Waals surface area contributed by atoms with Crippen LogP contribution in [0.4, 0.5) is 4.39 Å². The van der Waals surface area contributed by atoms with E-state index in [0.717, 1.165) is 6.42 Å². The average Bonchev–Trinajstić information content (AvgIpc) is 2.16. The predicted octanol–water partition coefficient (Wildman–Crippen LogP) is 3.68. The quantitative estimate of drug-likeness (QED) is 0.740. The van der Waals surface area contributed by atoms with Crippen LogP contribution in [0.15, 0.2) is 18.2 Å². The van der Waals surface area contributed by atoms with Crippen LogP contribution in [0.2, 0.25) is 0 Å². The summed E-state index contributed by atoms with van der Waals surface area (Å²) in [6.07, 6.45) is 0.864. The molecule has 0 aromatic heterocycles. The summed E-state index contributed by atoms with van der Waals surface area (Å²) in [4.78, 5) is 0.0819. The van der Waals surface area contributed by atoms with Crippen LogP contribution >= 0.6 is 15.9 Å². The third-order valence-corrected chi connectivity index (χ3v) is 3.04. The lowest BCUT2D eigenvalue weighted by molar-refractivity contribution is 0.410. The third kappa shape index (κ3) is 2.44. The Labute approximate surface area is 86.0 Å². The largest absolute Gasteiger partial charge is 0.497 e. The van der Waals surface area contributed by atoms with Gasteiger partial charge in [0, 0.05) is 16.5 Å². The summed E-state index contributed by atoms with van der Waals surface area (Å²) in [6.45, 7) is 2.00. The molecule has 0 saturated carbocycles. The van der Waals surface area contributed by atoms with Crippen molar-refractivity contribution in [2.45, 2.75) is 18.2 Å². The van der Waals surface area contributed by atoms with Crippen LogP contribution in [-0.4, -0.2) is 7.11 Å². The van der Waals surface area contributed by atoms with Gasteiger partial charge in [-0.15, -0.1) is 0 Å². The Balaban J connectivity index is 2.98. The van der Waals surface area contributed by atoms with Crippen molar-refractivity contribution < 1.29 is 9.13 Å². The molecule has 0 spiro atoms. The second-order valence-corrected chi connectivity index (χ2v) is 3.87. The maximum absolute atomic E-state index is 13.4. The average molecular weight is 247 g/mol. The fourth-order valence-corrected chi connectivity index (χ4v) is 1.48. The molecule has 1 aromatic carbocycles. The van der Waals surface area contributed by atoms with Crippen molar-refractivity contribution in [3.63, 3.8) is 0 Å². The number of ether oxygens (including phenoxy) is 1. The monoisotopic (exact) mass is 246 g/mol. The van der Waals surface area contributed by atoms with Crippen LogP contribution < -0.4 is 4.74 Å². The number of hydrogen-bond acceptors (Lipinski definition) is 1. The van der Waals surface area contributed by atoms with Crippen LogP contribution in [0.25, 0.3) is 0 Å². The molecule has 0 aliphatic carbocycles. The molecule has 0 N–H and O–H groups in total. The highest BCUT2D eigenvalue weighted by atomic mass is 79.9. The summed E-state index contributed by atoms with van der Waals surface area (Å²) in [6, 6.07) is 4.92. The van der Waals surface area contributed by atoms with Gasteiger partial charge < -0.3 is 4.74 Å². The molecule has 0 fully saturated rings. The first-order valence-electron chi connectivity index (χ1n) is 4.16. The molecule has 1 aromatic rings. The Morgan fingerprint density at radius 2 is 2.23 bits per heavy atom. The minimum Gasteiger partial charge on any atom is -0.497 e. The molecular formula is C10H12BrFO. The fourth-order valence-electron chi connectivity index (χ4n) is 1.11. The minimum absolute atomic E-state index is 0.0819. The van der Waals surface area contributed by atoms with Gasteiger partial charge in [-0.1, -0.05) is 28.9 Å². The van der Waals surface area contributed by atoms with Gasteiger partial charge in [-0.05, 0) is 12.5 Å². The molecule has 0 aliphatic rings. The predicted molar refractivity (Wildman–Crippen MR) is 54.9 cm³/mol. The van der Waals surface area contributed by atoms with Crippen LogP contribution in [0.1, 0.15) is 23.7 Å². The Hall–Kier alpha value is -0.570. The smallest absolute Gasteiger partial charge is 0.131 e. The van der Waals surface area contributed by atoms with Crippen molar-refractivity contribution in [1.82, 2.24) is 0 Å². The van der Waals surface area contributed by atoms with Gasteiger partial charge in [0.15, 0.2) is 0 Å². The Morgan fingerprint density at radius 3 is 2.69 bits per heavy atom. The van der Waals surface area contributed by atoms with Crippen molar-refractivity contribution in [2.75, 3.05) is 7.11 Å². The number of benzene rings is 1. The van der Waals surface area contributed by atoms with E-state index in [2.05, 4.69) is 15.9 Å². The number of hydrogen-bond donors (Lipinski definition) is 0. The van der Waals surface area contributed by atoms with Gasteiger partial charge in [-0.3, -0.25) is 0 Å². The van der Waals surface area contributed by atoms with Crippen LogP contribution in [-0.2, 0) is 0 Å². The zero-order valence-electron chi connectivity index (χ0n) is 7.68. The minimum atomic E-state index is -0.219. The summed E-state index contributed by atoms with van der Waals surface area (Å²) < 4.78 is 18.3. The fraction of sp³-hybridized carbons (Fsp3) is 0.400. The third-order valence-electron chi connectivity index (χ3n) is 1.90. The molecule has 0 amide bonds. The second kappa shape index (κ2) is 4.61. The van der Waals surface area contributed by atoms with E-state index in [1.807, 2.05) is 6.92 Å². The SMILES string of the molecule is CCC(Br)c1ccc(OC)cc1F. The maximum atomic E-state index is 13.4. The van der Waals surface area contributed by atoms with Gasteiger partial charge in [0.25, 0.3) is 0 Å². The van der Waals surface area contributed by atoms with Crippen LogP contribution in [0, 0.1) is 5.82 Å². The highest BCUT2D eigenvalue weighted by molar-refractivity contribution is 9.09. The van der Waals surface area contributed by atoms with Crippen LogP contribution in [0.5, 0.6) is 5.75 Å². The Bertz CT molecular complexity index is 288. The highest BCUT2D eigenvalue weighted by Gasteiger charge is 2.10. The molecule has 0 heterocycles. The lowest BCUT2D eigenvalue weighted by atomic mass is 10.1. The van der Waals surface area contributed by atoms with Gasteiger partial charge >= 0.3 is 0 Å². The van der Waals surface area contributed by atoms with Gasteiger partial charge in [-0.25, -0.2) is 4.39 Å². The van der Waals surface area contributed by atoms with E-state index >= 15 is 0 Å². The number of rotatable bonds is 3. The Morgan fingerprint density at radius 1 is 1.54 bits per heavy atom. The lowest BCUT2D eigenvalue weighted by Gasteiger charge is -2.09. The van der Waals surface area contributed by atoms with Crippen molar-refractivity contribution >= 4 is 15.9 Å². The summed E-state index contributed by atoms with van der Waals surface area (Å²) in [7, 11) is 1.53. The zero-order chi connectivity index (χ0) is 9.84. The van der Waals surface area contributed by atoms with E-state index in [0.29, 0.717) is 11.3 Å². The maximum Gasteiger partial charge on any atom is 0.131 e. The standard InChI is InChI=1S/C10H12BrFO/c1-3-9(11)8-5-4-7(13-2)6-10(8)12/h4-6,9H,3H2,1-2H3. The normalized spacial score (nSPS) is 12.6. The Kier molecular flexibility index (Phi) is 3.72. The summed E-state index contributed by atoms with van der Waals surface area (Å²) >= 11 is 3.40. The molecule has 0 saturated heterocycles. The first-order valence-corrected chi connectivity index (χ1v) is 5.08. The summed E-state index contributed by atoms with van der Waals surface area (Å²) in [5.74, 6) is 0.333. The van der Waals surface area contributed by atoms with E-state index < -0.39 is 0 Å². The van der Waals surface area contributed by atoms with E-state index in [4.69, 9.17) is 4.74 Å². The van der Waals surface area contributed by atoms with E-state index in [1.165, 1.54) is 13.2 Å². The zero-order valence-corrected chi connectivity index (χ0v) is 9.27. The highest BCUT2D eigenvalue weighted by Crippen LogP contribution is 2.29. The van der Waals surface area contributed by atoms with Crippen LogP contribution in [0.3, 0.4) is 0 Å². The molecule has 0 radical (unpaired) electrons. The molecule has 13 heavy (non-hydrogen) atoms. The number of alkyl halides is 1. The first-order chi connectivity index (χ1) is 6.19. The number of methoxy groups -OCH3 is 1. The van der Waals surface area contributed by atoms with E-state index in [1.54, 1.807) is 12.1 Å². The van der Waals surface area contributed by atoms with Gasteiger partial charge in [0.2, 0.25) is 0 Å². The molecule has 1 nitrogen and oxygen atoms in total. The number of halogens is 2. The first kappa shape index (κ1) is 10.5. The summed E-state index contributed by atoms with van der Waals surface area (Å²) in [5.41, 5.74) is 0.684. The molecule has 1 atom stereocenters. The van der Waals surface area contributed by atoms with E-state index in [-0.39, 0.29) is 10.6 Å². The van der Waals surface area contributed by atoms with Crippen molar-refractivity contribution in [3.8, 4) is 5.75 Å². The molecule has 3 heteroatoms. The van der Waals surface area contributed by atoms with E-state index in [9.17, 15) is 4.39 Å². The lowest BCUT2D eigenvalue weighted by Crippen LogP contribution is -1.94. The summed E-state index contributed by atoms with van der Waals surface area (Å²) in [5, 5.41) is 0. The van der Waals surface area contributed by atoms with Gasteiger partial charge in [0.1, 0.15) is 11.6 Å². The molecule has 1 rings (SSSR count). The molecular weight excluding hydrogens is 235 g/mol. The second-order valence-electron chi connectivity index (χ2n) is 2.76. The molecule has 0 bridgehead atoms. The van der Waals surface area contributed by atoms with Crippen molar-refractivity contribution in [2.24, 2.45) is 0 Å². The van der Waals surface area contributed by atoms with Gasteiger partial charge in [-0.2, -0.15) is 0 Å². The van der Waals surface area contributed by atoms with Crippen molar-refractivity contribution in [1.29, 1.82) is 0 Å². The van der Waals surface area contributed by atoms with Gasteiger partial charge in [0.05, 0.1) is 7.11 Å². The topological polar surface area (TPSA) is 9.23 Å². The molecule has 0 aliphatic heterocycles.